The van der Waals surface area contributed by atoms with Gasteiger partial charge in [-0.05, 0) is 30.2 Å². The predicted molar refractivity (Wildman–Crippen MR) is 116 cm³/mol. The average Bonchev–Trinajstić information content (AvgIpc) is 3.05. The van der Waals surface area contributed by atoms with Gasteiger partial charge in [0.2, 0.25) is 11.8 Å². The summed E-state index contributed by atoms with van der Waals surface area (Å²) in [5.74, 6) is -2.10. The second-order valence-corrected chi connectivity index (χ2v) is 11.5. The number of alkyl halides is 4. The molecule has 2 bridgehead atoms. The van der Waals surface area contributed by atoms with E-state index in [0.717, 1.165) is 5.56 Å². The zero-order chi connectivity index (χ0) is 20.9. The topological polar surface area (TPSA) is 37.4 Å². The lowest BCUT2D eigenvalue weighted by Gasteiger charge is -2.42. The zero-order valence-corrected chi connectivity index (χ0v) is 19.4. The summed E-state index contributed by atoms with van der Waals surface area (Å²) in [6.45, 7) is 0.244. The highest BCUT2D eigenvalue weighted by atomic mass is 35.5. The molecule has 154 valence electrons. The van der Waals surface area contributed by atoms with Gasteiger partial charge in [-0.25, -0.2) is 0 Å². The molecule has 1 aliphatic heterocycles. The Balaban J connectivity index is 1.50. The largest absolute Gasteiger partial charge is 0.278 e. The Morgan fingerprint density at radius 1 is 0.828 bits per heavy atom. The molecule has 2 amide bonds. The van der Waals surface area contributed by atoms with Crippen LogP contribution in [0.4, 0.5) is 0 Å². The molecule has 1 aromatic carbocycles. The van der Waals surface area contributed by atoms with Crippen molar-refractivity contribution >= 4 is 81.4 Å². The molecule has 0 spiro atoms. The molecule has 1 aromatic rings. The van der Waals surface area contributed by atoms with E-state index in [1.165, 1.54) is 4.90 Å². The third-order valence-corrected chi connectivity index (χ3v) is 11.5. The molecule has 1 saturated heterocycles. The molecule has 3 aliphatic carbocycles. The van der Waals surface area contributed by atoms with Gasteiger partial charge in [0, 0.05) is 0 Å². The van der Waals surface area contributed by atoms with Crippen LogP contribution < -0.4 is 0 Å². The van der Waals surface area contributed by atoms with E-state index in [-0.39, 0.29) is 40.3 Å². The molecule has 6 atom stereocenters. The summed E-state index contributed by atoms with van der Waals surface area (Å²) in [4.78, 5) is 24.8. The number of benzene rings is 1. The van der Waals surface area contributed by atoms with Crippen LogP contribution in [-0.2, 0) is 16.1 Å². The number of allylic oxidation sites excluding steroid dienone is 2. The molecule has 9 heteroatoms. The Morgan fingerprint density at radius 3 is 1.72 bits per heavy atom. The molecule has 0 N–H and O–H groups in total. The van der Waals surface area contributed by atoms with Crippen LogP contribution in [0.2, 0.25) is 0 Å². The van der Waals surface area contributed by atoms with Gasteiger partial charge in [-0.15, -0.1) is 23.2 Å². The minimum absolute atomic E-state index is 0.137. The lowest BCUT2D eigenvalue weighted by molar-refractivity contribution is -0.140. The fourth-order valence-corrected chi connectivity index (χ4v) is 8.82. The minimum atomic E-state index is -1.64. The third kappa shape index (κ3) is 2.30. The summed E-state index contributed by atoms with van der Waals surface area (Å²) in [6.07, 6.45) is 0.676. The molecule has 3 fully saturated rings. The molecule has 0 unspecified atom stereocenters. The van der Waals surface area contributed by atoms with Crippen molar-refractivity contribution in [3.05, 3.63) is 46.0 Å². The van der Waals surface area contributed by atoms with Crippen LogP contribution in [-0.4, -0.2) is 30.8 Å². The number of amides is 2. The molecule has 5 rings (SSSR count). The first-order valence-corrected chi connectivity index (χ1v) is 11.5. The van der Waals surface area contributed by atoms with Crippen molar-refractivity contribution in [2.24, 2.45) is 23.7 Å². The van der Waals surface area contributed by atoms with Crippen molar-refractivity contribution in [1.29, 1.82) is 0 Å². The van der Waals surface area contributed by atoms with Gasteiger partial charge in [0.1, 0.15) is 9.75 Å². The van der Waals surface area contributed by atoms with E-state index in [1.807, 2.05) is 30.3 Å². The minimum Gasteiger partial charge on any atom is -0.278 e. The van der Waals surface area contributed by atoms with Gasteiger partial charge in [-0.2, -0.15) is 0 Å². The van der Waals surface area contributed by atoms with E-state index in [9.17, 15) is 9.59 Å². The Labute approximate surface area is 198 Å². The second kappa shape index (κ2) is 6.43. The Kier molecular flexibility index (Phi) is 4.60. The molecule has 29 heavy (non-hydrogen) atoms. The summed E-state index contributed by atoms with van der Waals surface area (Å²) < 4.78 is -1.64. The van der Waals surface area contributed by atoms with E-state index < -0.39 is 25.9 Å². The summed E-state index contributed by atoms with van der Waals surface area (Å²) in [7, 11) is 0. The third-order valence-electron chi connectivity index (χ3n) is 7.10. The van der Waals surface area contributed by atoms with Crippen LogP contribution in [0, 0.1) is 23.7 Å². The van der Waals surface area contributed by atoms with E-state index in [4.69, 9.17) is 69.6 Å². The Bertz CT molecular complexity index is 911. The quantitative estimate of drug-likeness (QED) is 0.378. The predicted octanol–water partition coefficient (Wildman–Crippen LogP) is 5.66. The SMILES string of the molecule is O=C1[C@H]2C[C@@H]3[C@H](C[C@H]2C(=O)N1Cc1ccccc1)[C@]1(Cl)C(Cl)=C(Cl)[C@]3(Cl)C1(Cl)Cl. The van der Waals surface area contributed by atoms with Gasteiger partial charge in [0.15, 0.2) is 4.33 Å². The van der Waals surface area contributed by atoms with Crippen molar-refractivity contribution in [3.63, 3.8) is 0 Å². The van der Waals surface area contributed by atoms with E-state index >= 15 is 0 Å². The lowest BCUT2D eigenvalue weighted by atomic mass is 9.65. The molecule has 2 saturated carbocycles. The molecular formula is C20H15Cl6NO2. The maximum Gasteiger partial charge on any atom is 0.233 e. The van der Waals surface area contributed by atoms with Crippen molar-refractivity contribution in [1.82, 2.24) is 4.90 Å². The number of hydrogen-bond donors (Lipinski definition) is 0. The number of hydrogen-bond acceptors (Lipinski definition) is 2. The average molecular weight is 514 g/mol. The molecule has 4 aliphatic rings. The van der Waals surface area contributed by atoms with E-state index in [0.29, 0.717) is 12.8 Å². The number of carbonyl (C=O) groups excluding carboxylic acids is 2. The summed E-state index contributed by atoms with van der Waals surface area (Å²) in [5, 5.41) is 0.275. The maximum absolute atomic E-state index is 13.1. The molecule has 1 heterocycles. The molecular weight excluding hydrogens is 499 g/mol. The standard InChI is InChI=1S/C20H15Cl6NO2/c21-14-15(22)19(24)13-7-11-10(6-12(13)18(14,23)20(19,25)26)16(28)27(17(11)29)8-9-4-2-1-3-5-9/h1-5,10-13H,6-8H2/t10-,11+,12+,13-,18-,19-/m0/s1. The second-order valence-electron chi connectivity index (χ2n) is 8.27. The Hall–Kier alpha value is -0.160. The van der Waals surface area contributed by atoms with E-state index in [1.54, 1.807) is 0 Å². The van der Waals surface area contributed by atoms with Gasteiger partial charge in [-0.1, -0.05) is 76.7 Å². The van der Waals surface area contributed by atoms with Crippen LogP contribution in [0.1, 0.15) is 18.4 Å². The van der Waals surface area contributed by atoms with Crippen LogP contribution in [0.15, 0.2) is 40.4 Å². The van der Waals surface area contributed by atoms with Crippen molar-refractivity contribution < 1.29 is 9.59 Å². The lowest BCUT2D eigenvalue weighted by Crippen LogP contribution is -2.44. The Morgan fingerprint density at radius 2 is 1.28 bits per heavy atom. The number of fused-ring (bicyclic) bond motifs is 6. The number of halogens is 6. The molecule has 0 radical (unpaired) electrons. The monoisotopic (exact) mass is 511 g/mol. The highest BCUT2D eigenvalue weighted by Crippen LogP contribution is 2.79. The smallest absolute Gasteiger partial charge is 0.233 e. The summed E-state index contributed by atoms with van der Waals surface area (Å²) in [6, 6.07) is 9.41. The van der Waals surface area contributed by atoms with Crippen molar-refractivity contribution in [2.45, 2.75) is 33.5 Å². The van der Waals surface area contributed by atoms with Gasteiger partial charge < -0.3 is 0 Å². The number of carbonyl (C=O) groups is 2. The first-order valence-electron chi connectivity index (χ1n) is 9.27. The van der Waals surface area contributed by atoms with Crippen LogP contribution in [0.5, 0.6) is 0 Å². The number of rotatable bonds is 2. The number of likely N-dealkylation sites (tertiary alicyclic amines) is 1. The highest BCUT2D eigenvalue weighted by molar-refractivity contribution is 6.65. The normalized spacial score (nSPS) is 42.5. The number of imide groups is 1. The van der Waals surface area contributed by atoms with Gasteiger partial charge >= 0.3 is 0 Å². The molecule has 3 nitrogen and oxygen atoms in total. The van der Waals surface area contributed by atoms with E-state index in [2.05, 4.69) is 0 Å². The highest BCUT2D eigenvalue weighted by Gasteiger charge is 2.83. The van der Waals surface area contributed by atoms with Gasteiger partial charge in [0.05, 0.1) is 28.4 Å². The summed E-state index contributed by atoms with van der Waals surface area (Å²) >= 11 is 40.0. The summed E-state index contributed by atoms with van der Waals surface area (Å²) in [5.41, 5.74) is 0.893. The van der Waals surface area contributed by atoms with Crippen molar-refractivity contribution in [3.8, 4) is 0 Å². The van der Waals surface area contributed by atoms with Gasteiger partial charge in [-0.3, -0.25) is 14.5 Å². The zero-order valence-electron chi connectivity index (χ0n) is 14.8. The molecule has 0 aromatic heterocycles. The number of nitrogens with zero attached hydrogens (tertiary/aromatic N) is 1. The van der Waals surface area contributed by atoms with Crippen molar-refractivity contribution in [2.75, 3.05) is 0 Å². The van der Waals surface area contributed by atoms with Crippen LogP contribution in [0.25, 0.3) is 0 Å². The van der Waals surface area contributed by atoms with Gasteiger partial charge in [0.25, 0.3) is 0 Å². The van der Waals surface area contributed by atoms with Crippen LogP contribution in [0.3, 0.4) is 0 Å². The first kappa shape index (κ1) is 20.7. The fraction of sp³-hybridized carbons (Fsp3) is 0.500. The first-order chi connectivity index (χ1) is 13.6. The fourth-order valence-electron chi connectivity index (χ4n) is 5.71. The maximum atomic E-state index is 13.1. The van der Waals surface area contributed by atoms with Crippen LogP contribution >= 0.6 is 69.6 Å².